The van der Waals surface area contributed by atoms with Crippen LogP contribution in [-0.2, 0) is 9.59 Å². The summed E-state index contributed by atoms with van der Waals surface area (Å²) in [4.78, 5) is 32.2. The molecule has 7 nitrogen and oxygen atoms in total. The summed E-state index contributed by atoms with van der Waals surface area (Å²) >= 11 is 0. The molecule has 1 aliphatic rings. The van der Waals surface area contributed by atoms with Crippen LogP contribution in [0, 0.1) is 0 Å². The van der Waals surface area contributed by atoms with E-state index >= 15 is 0 Å². The van der Waals surface area contributed by atoms with E-state index in [-0.39, 0.29) is 18.9 Å². The average Bonchev–Trinajstić information content (AvgIpc) is 2.98. The fourth-order valence-corrected chi connectivity index (χ4v) is 1.04. The third-order valence-electron chi connectivity index (χ3n) is 1.98. The minimum absolute atomic E-state index is 0.0963. The maximum Gasteiger partial charge on any atom is 0.323 e. The van der Waals surface area contributed by atoms with Crippen molar-refractivity contribution >= 4 is 17.9 Å². The summed E-state index contributed by atoms with van der Waals surface area (Å²) in [6.07, 6.45) is 2.26. The van der Waals surface area contributed by atoms with Crippen molar-refractivity contribution in [3.63, 3.8) is 0 Å². The van der Waals surface area contributed by atoms with Gasteiger partial charge in [-0.25, -0.2) is 4.79 Å². The lowest BCUT2D eigenvalue weighted by Crippen LogP contribution is -2.40. The van der Waals surface area contributed by atoms with Crippen molar-refractivity contribution in [3.8, 4) is 0 Å². The Morgan fingerprint density at radius 2 is 1.88 bits per heavy atom. The molecule has 1 aliphatic carbocycles. The van der Waals surface area contributed by atoms with Gasteiger partial charge in [0.1, 0.15) is 6.54 Å². The summed E-state index contributed by atoms with van der Waals surface area (Å²) in [6.45, 7) is -0.232. The summed E-state index contributed by atoms with van der Waals surface area (Å²) < 4.78 is 0. The van der Waals surface area contributed by atoms with Gasteiger partial charge in [0.05, 0.1) is 0 Å². The molecule has 4 N–H and O–H groups in total. The van der Waals surface area contributed by atoms with E-state index in [0.717, 1.165) is 12.8 Å². The zero-order valence-corrected chi connectivity index (χ0v) is 8.78. The Labute approximate surface area is 92.6 Å². The third kappa shape index (κ3) is 5.84. The minimum Gasteiger partial charge on any atom is -0.480 e. The molecular weight excluding hydrogens is 214 g/mol. The van der Waals surface area contributed by atoms with E-state index in [4.69, 9.17) is 5.11 Å². The van der Waals surface area contributed by atoms with Crippen molar-refractivity contribution in [2.24, 2.45) is 0 Å². The van der Waals surface area contributed by atoms with Crippen LogP contribution in [0.5, 0.6) is 0 Å². The molecule has 0 spiro atoms. The summed E-state index contributed by atoms with van der Waals surface area (Å²) in [5, 5.41) is 15.6. The first-order chi connectivity index (χ1) is 7.58. The van der Waals surface area contributed by atoms with Gasteiger partial charge in [-0.1, -0.05) is 0 Å². The lowest BCUT2D eigenvalue weighted by molar-refractivity contribution is -0.135. The van der Waals surface area contributed by atoms with Gasteiger partial charge in [-0.15, -0.1) is 0 Å². The molecule has 0 unspecified atom stereocenters. The molecule has 0 bridgehead atoms. The number of aliphatic carboxylic acids is 1. The molecule has 7 heteroatoms. The highest BCUT2D eigenvalue weighted by molar-refractivity contribution is 5.81. The standard InChI is InChI=1S/C9H15N3O4/c13-7(12-6-1-2-6)3-4-10-9(16)11-5-8(14)15/h6H,1-5H2,(H,12,13)(H,14,15)(H2,10,11,16). The maximum absolute atomic E-state index is 11.2. The molecule has 0 radical (unpaired) electrons. The molecule has 1 saturated carbocycles. The minimum atomic E-state index is -1.11. The Balaban J connectivity index is 1.98. The fraction of sp³-hybridized carbons (Fsp3) is 0.667. The molecular formula is C9H15N3O4. The number of nitrogens with one attached hydrogen (secondary N) is 3. The molecule has 90 valence electrons. The van der Waals surface area contributed by atoms with E-state index in [0.29, 0.717) is 6.04 Å². The average molecular weight is 229 g/mol. The van der Waals surface area contributed by atoms with Gasteiger partial charge in [0, 0.05) is 19.0 Å². The van der Waals surface area contributed by atoms with E-state index in [2.05, 4.69) is 16.0 Å². The van der Waals surface area contributed by atoms with Gasteiger partial charge in [-0.2, -0.15) is 0 Å². The first kappa shape index (κ1) is 12.3. The Hall–Kier alpha value is -1.79. The van der Waals surface area contributed by atoms with E-state index in [1.165, 1.54) is 0 Å². The molecule has 0 atom stereocenters. The van der Waals surface area contributed by atoms with E-state index in [1.54, 1.807) is 0 Å². The fourth-order valence-electron chi connectivity index (χ4n) is 1.04. The number of carboxylic acids is 1. The second-order valence-electron chi connectivity index (χ2n) is 3.59. The van der Waals surface area contributed by atoms with Crippen LogP contribution >= 0.6 is 0 Å². The molecule has 0 aromatic rings. The zero-order chi connectivity index (χ0) is 12.0. The van der Waals surface area contributed by atoms with Crippen molar-refractivity contribution in [2.45, 2.75) is 25.3 Å². The van der Waals surface area contributed by atoms with Crippen molar-refractivity contribution in [3.05, 3.63) is 0 Å². The Kier molecular flexibility index (Phi) is 4.56. The predicted octanol–water partition coefficient (Wildman–Crippen LogP) is -0.961. The number of hydrogen-bond acceptors (Lipinski definition) is 3. The zero-order valence-electron chi connectivity index (χ0n) is 8.78. The SMILES string of the molecule is O=C(O)CNC(=O)NCCC(=O)NC1CC1. The number of carbonyl (C=O) groups is 3. The predicted molar refractivity (Wildman–Crippen MR) is 54.8 cm³/mol. The van der Waals surface area contributed by atoms with Crippen LogP contribution in [0.3, 0.4) is 0 Å². The number of carboxylic acid groups (broad SMARTS) is 1. The van der Waals surface area contributed by atoms with Crippen LogP contribution in [0.4, 0.5) is 4.79 Å². The van der Waals surface area contributed by atoms with Crippen LogP contribution < -0.4 is 16.0 Å². The van der Waals surface area contributed by atoms with Gasteiger partial charge >= 0.3 is 12.0 Å². The van der Waals surface area contributed by atoms with Crippen LogP contribution in [0.1, 0.15) is 19.3 Å². The number of hydrogen-bond donors (Lipinski definition) is 4. The van der Waals surface area contributed by atoms with Crippen molar-refractivity contribution in [1.82, 2.24) is 16.0 Å². The summed E-state index contributed by atoms with van der Waals surface area (Å²) in [5.74, 6) is -1.21. The van der Waals surface area contributed by atoms with E-state index in [9.17, 15) is 14.4 Å². The molecule has 0 saturated heterocycles. The molecule has 0 aliphatic heterocycles. The highest BCUT2D eigenvalue weighted by Gasteiger charge is 2.22. The van der Waals surface area contributed by atoms with Crippen molar-refractivity contribution in [2.75, 3.05) is 13.1 Å². The second kappa shape index (κ2) is 5.94. The molecule has 0 heterocycles. The monoisotopic (exact) mass is 229 g/mol. The highest BCUT2D eigenvalue weighted by Crippen LogP contribution is 2.18. The number of amides is 3. The second-order valence-corrected chi connectivity index (χ2v) is 3.59. The topological polar surface area (TPSA) is 108 Å². The Morgan fingerprint density at radius 1 is 1.19 bits per heavy atom. The van der Waals surface area contributed by atoms with Gasteiger partial charge in [0.15, 0.2) is 0 Å². The lowest BCUT2D eigenvalue weighted by Gasteiger charge is -2.06. The Bertz CT molecular complexity index is 288. The van der Waals surface area contributed by atoms with Crippen LogP contribution in [0.25, 0.3) is 0 Å². The summed E-state index contributed by atoms with van der Waals surface area (Å²) in [5.41, 5.74) is 0. The molecule has 0 aromatic heterocycles. The van der Waals surface area contributed by atoms with Crippen molar-refractivity contribution in [1.29, 1.82) is 0 Å². The van der Waals surface area contributed by atoms with Gasteiger partial charge in [-0.3, -0.25) is 9.59 Å². The Morgan fingerprint density at radius 3 is 2.44 bits per heavy atom. The maximum atomic E-state index is 11.2. The number of carbonyl (C=O) groups excluding carboxylic acids is 2. The molecule has 16 heavy (non-hydrogen) atoms. The van der Waals surface area contributed by atoms with Crippen LogP contribution in [-0.4, -0.2) is 42.1 Å². The first-order valence-corrected chi connectivity index (χ1v) is 5.11. The smallest absolute Gasteiger partial charge is 0.323 e. The molecule has 1 rings (SSSR count). The van der Waals surface area contributed by atoms with E-state index < -0.39 is 18.5 Å². The van der Waals surface area contributed by atoms with Crippen LogP contribution in [0.2, 0.25) is 0 Å². The van der Waals surface area contributed by atoms with E-state index in [1.807, 2.05) is 0 Å². The summed E-state index contributed by atoms with van der Waals surface area (Å²) in [7, 11) is 0. The molecule has 0 aromatic carbocycles. The van der Waals surface area contributed by atoms with Gasteiger partial charge < -0.3 is 21.1 Å². The van der Waals surface area contributed by atoms with Gasteiger partial charge in [-0.05, 0) is 12.8 Å². The highest BCUT2D eigenvalue weighted by atomic mass is 16.4. The first-order valence-electron chi connectivity index (χ1n) is 5.11. The van der Waals surface area contributed by atoms with Gasteiger partial charge in [0.25, 0.3) is 0 Å². The summed E-state index contributed by atoms with van der Waals surface area (Å²) in [6, 6.07) is -0.269. The normalized spacial score (nSPS) is 14.0. The van der Waals surface area contributed by atoms with Crippen LogP contribution in [0.15, 0.2) is 0 Å². The van der Waals surface area contributed by atoms with Gasteiger partial charge in [0.2, 0.25) is 5.91 Å². The number of urea groups is 1. The number of rotatable bonds is 6. The molecule has 1 fully saturated rings. The quantitative estimate of drug-likeness (QED) is 0.470. The third-order valence-corrected chi connectivity index (χ3v) is 1.98. The molecule has 3 amide bonds. The largest absolute Gasteiger partial charge is 0.480 e. The van der Waals surface area contributed by atoms with Crippen molar-refractivity contribution < 1.29 is 19.5 Å². The lowest BCUT2D eigenvalue weighted by atomic mass is 10.4.